The normalized spacial score (nSPS) is 11.1. The van der Waals surface area contributed by atoms with Crippen LogP contribution in [0.25, 0.3) is 11.2 Å². The lowest BCUT2D eigenvalue weighted by Crippen LogP contribution is -2.24. The van der Waals surface area contributed by atoms with Crippen LogP contribution in [0.1, 0.15) is 11.1 Å². The zero-order chi connectivity index (χ0) is 18.5. The van der Waals surface area contributed by atoms with E-state index in [2.05, 4.69) is 43.6 Å². The van der Waals surface area contributed by atoms with Crippen LogP contribution in [0.2, 0.25) is 0 Å². The van der Waals surface area contributed by atoms with E-state index < -0.39 is 6.29 Å². The Morgan fingerprint density at radius 1 is 1.04 bits per heavy atom. The molecule has 0 atom stereocenters. The quantitative estimate of drug-likeness (QED) is 0.626. The van der Waals surface area contributed by atoms with E-state index in [0.717, 1.165) is 11.3 Å². The molecule has 136 valence electrons. The highest BCUT2D eigenvalue weighted by atomic mass is 16.7. The van der Waals surface area contributed by atoms with Crippen molar-refractivity contribution in [3.05, 3.63) is 41.7 Å². The summed E-state index contributed by atoms with van der Waals surface area (Å²) in [5.41, 5.74) is 4.39. The predicted octanol–water partition coefficient (Wildman–Crippen LogP) is 2.81. The van der Waals surface area contributed by atoms with Crippen LogP contribution in [0.4, 0.5) is 17.5 Å². The average molecular weight is 354 g/mol. The maximum Gasteiger partial charge on any atom is 0.227 e. The molecule has 0 saturated heterocycles. The van der Waals surface area contributed by atoms with E-state index >= 15 is 0 Å². The summed E-state index contributed by atoms with van der Waals surface area (Å²) in [5.74, 6) is 1.01. The van der Waals surface area contributed by atoms with Crippen LogP contribution >= 0.6 is 0 Å². The number of ether oxygens (including phenoxy) is 2. The van der Waals surface area contributed by atoms with Crippen molar-refractivity contribution in [1.29, 1.82) is 0 Å². The zero-order valence-corrected chi connectivity index (χ0v) is 15.3. The average Bonchev–Trinajstić information content (AvgIpc) is 2.65. The largest absolute Gasteiger partial charge is 0.354 e. The molecule has 26 heavy (non-hydrogen) atoms. The molecule has 0 bridgehead atoms. The fourth-order valence-corrected chi connectivity index (χ4v) is 2.55. The van der Waals surface area contributed by atoms with Gasteiger partial charge in [0.05, 0.1) is 6.54 Å². The molecule has 0 amide bonds. The summed E-state index contributed by atoms with van der Waals surface area (Å²) in [6, 6.07) is 6.18. The lowest BCUT2D eigenvalue weighted by atomic mass is 10.1. The van der Waals surface area contributed by atoms with Crippen molar-refractivity contribution < 1.29 is 9.47 Å². The predicted molar refractivity (Wildman–Crippen MR) is 101 cm³/mol. The molecular weight excluding hydrogens is 332 g/mol. The molecular formula is C18H22N6O2. The standard InChI is InChI=1S/C18H22N6O2/c1-11-5-6-13(12(2)9-11)22-17-15-16(20-8-7-19-15)23-18(24-17)21-10-14(25-3)26-4/h5-9,14H,10H2,1-4H3,(H2,20,21,22,23,24). The van der Waals surface area contributed by atoms with Gasteiger partial charge in [0.25, 0.3) is 0 Å². The summed E-state index contributed by atoms with van der Waals surface area (Å²) in [5, 5.41) is 6.45. The lowest BCUT2D eigenvalue weighted by molar-refractivity contribution is -0.0914. The van der Waals surface area contributed by atoms with Gasteiger partial charge in [0.2, 0.25) is 5.95 Å². The van der Waals surface area contributed by atoms with Crippen LogP contribution < -0.4 is 10.6 Å². The van der Waals surface area contributed by atoms with Gasteiger partial charge in [-0.25, -0.2) is 9.97 Å². The third-order valence-electron chi connectivity index (χ3n) is 3.92. The van der Waals surface area contributed by atoms with Crippen molar-refractivity contribution in [3.63, 3.8) is 0 Å². The summed E-state index contributed by atoms with van der Waals surface area (Å²) in [6.45, 7) is 4.51. The molecule has 0 aliphatic heterocycles. The van der Waals surface area contributed by atoms with Crippen molar-refractivity contribution in [2.75, 3.05) is 31.4 Å². The minimum absolute atomic E-state index is 0.396. The summed E-state index contributed by atoms with van der Waals surface area (Å²) < 4.78 is 10.4. The topological polar surface area (TPSA) is 94.1 Å². The Bertz CT molecular complexity index is 898. The molecule has 2 heterocycles. The highest BCUT2D eigenvalue weighted by molar-refractivity contribution is 5.86. The van der Waals surface area contributed by atoms with Crippen molar-refractivity contribution in [2.24, 2.45) is 0 Å². The molecule has 0 radical (unpaired) electrons. The van der Waals surface area contributed by atoms with Gasteiger partial charge in [0.15, 0.2) is 23.3 Å². The SMILES string of the molecule is COC(CNc1nc(Nc2ccc(C)cc2C)c2nccnc2n1)OC. The van der Waals surface area contributed by atoms with Gasteiger partial charge in [-0.3, -0.25) is 0 Å². The number of aromatic nitrogens is 4. The summed E-state index contributed by atoms with van der Waals surface area (Å²) in [6.07, 6.45) is 2.83. The second kappa shape index (κ2) is 8.03. The number of rotatable bonds is 7. The molecule has 0 spiro atoms. The van der Waals surface area contributed by atoms with Gasteiger partial charge in [-0.2, -0.15) is 9.97 Å². The monoisotopic (exact) mass is 354 g/mol. The Balaban J connectivity index is 1.94. The number of fused-ring (bicyclic) bond motifs is 1. The molecule has 2 N–H and O–H groups in total. The molecule has 8 heteroatoms. The van der Waals surface area contributed by atoms with E-state index in [1.807, 2.05) is 19.1 Å². The van der Waals surface area contributed by atoms with Gasteiger partial charge in [-0.05, 0) is 25.5 Å². The fourth-order valence-electron chi connectivity index (χ4n) is 2.55. The molecule has 8 nitrogen and oxygen atoms in total. The minimum atomic E-state index is -0.396. The first-order valence-electron chi connectivity index (χ1n) is 8.23. The van der Waals surface area contributed by atoms with E-state index in [-0.39, 0.29) is 0 Å². The third kappa shape index (κ3) is 4.04. The van der Waals surface area contributed by atoms with Gasteiger partial charge < -0.3 is 20.1 Å². The molecule has 0 fully saturated rings. The number of nitrogens with one attached hydrogen (secondary N) is 2. The van der Waals surface area contributed by atoms with Crippen LogP contribution in [0.5, 0.6) is 0 Å². The van der Waals surface area contributed by atoms with Crippen LogP contribution in [0.3, 0.4) is 0 Å². The van der Waals surface area contributed by atoms with Crippen molar-refractivity contribution in [2.45, 2.75) is 20.1 Å². The van der Waals surface area contributed by atoms with Crippen LogP contribution in [0, 0.1) is 13.8 Å². The van der Waals surface area contributed by atoms with Crippen LogP contribution in [-0.2, 0) is 9.47 Å². The molecule has 0 aliphatic carbocycles. The maximum atomic E-state index is 5.18. The first-order chi connectivity index (χ1) is 12.6. The van der Waals surface area contributed by atoms with E-state index in [1.54, 1.807) is 26.6 Å². The van der Waals surface area contributed by atoms with E-state index in [4.69, 9.17) is 9.47 Å². The van der Waals surface area contributed by atoms with Gasteiger partial charge in [0.1, 0.15) is 0 Å². The fraction of sp³-hybridized carbons (Fsp3) is 0.333. The number of aryl methyl sites for hydroxylation is 2. The Labute approximate surface area is 152 Å². The summed E-state index contributed by atoms with van der Waals surface area (Å²) >= 11 is 0. The van der Waals surface area contributed by atoms with Gasteiger partial charge >= 0.3 is 0 Å². The first kappa shape index (κ1) is 18.0. The number of anilines is 3. The highest BCUT2D eigenvalue weighted by Crippen LogP contribution is 2.25. The van der Waals surface area contributed by atoms with Gasteiger partial charge in [-0.15, -0.1) is 0 Å². The number of hydrogen-bond donors (Lipinski definition) is 2. The van der Waals surface area contributed by atoms with E-state index in [0.29, 0.717) is 29.5 Å². The third-order valence-corrected chi connectivity index (χ3v) is 3.92. The Kier molecular flexibility index (Phi) is 5.55. The van der Waals surface area contributed by atoms with Crippen LogP contribution in [-0.4, -0.2) is 47.0 Å². The minimum Gasteiger partial charge on any atom is -0.354 e. The Hall–Kier alpha value is -2.84. The van der Waals surface area contributed by atoms with Gasteiger partial charge in [0, 0.05) is 32.3 Å². The molecule has 2 aromatic heterocycles. The van der Waals surface area contributed by atoms with E-state index in [1.165, 1.54) is 5.56 Å². The second-order valence-corrected chi connectivity index (χ2v) is 5.85. The van der Waals surface area contributed by atoms with Crippen LogP contribution in [0.15, 0.2) is 30.6 Å². The molecule has 1 aromatic carbocycles. The molecule has 3 rings (SSSR count). The van der Waals surface area contributed by atoms with Gasteiger partial charge in [-0.1, -0.05) is 17.7 Å². The summed E-state index contributed by atoms with van der Waals surface area (Å²) in [7, 11) is 3.16. The van der Waals surface area contributed by atoms with Crippen molar-refractivity contribution in [3.8, 4) is 0 Å². The van der Waals surface area contributed by atoms with E-state index in [9.17, 15) is 0 Å². The number of hydrogen-bond acceptors (Lipinski definition) is 8. The number of methoxy groups -OCH3 is 2. The smallest absolute Gasteiger partial charge is 0.227 e. The maximum absolute atomic E-state index is 5.18. The molecule has 3 aromatic rings. The summed E-state index contributed by atoms with van der Waals surface area (Å²) in [4.78, 5) is 17.6. The molecule has 0 saturated carbocycles. The number of nitrogens with zero attached hydrogens (tertiary/aromatic N) is 4. The lowest BCUT2D eigenvalue weighted by Gasteiger charge is -2.15. The molecule has 0 aliphatic rings. The highest BCUT2D eigenvalue weighted by Gasteiger charge is 2.12. The molecule has 0 unspecified atom stereocenters. The Morgan fingerprint density at radius 3 is 2.54 bits per heavy atom. The first-order valence-corrected chi connectivity index (χ1v) is 8.23. The van der Waals surface area contributed by atoms with Crippen molar-refractivity contribution >= 4 is 28.6 Å². The zero-order valence-electron chi connectivity index (χ0n) is 15.3. The number of benzene rings is 1. The second-order valence-electron chi connectivity index (χ2n) is 5.85. The Morgan fingerprint density at radius 2 is 1.81 bits per heavy atom. The van der Waals surface area contributed by atoms with Crippen molar-refractivity contribution in [1.82, 2.24) is 19.9 Å².